The lowest BCUT2D eigenvalue weighted by Crippen LogP contribution is -2.19. The van der Waals surface area contributed by atoms with Crippen LogP contribution in [-0.4, -0.2) is 16.5 Å². The van der Waals surface area contributed by atoms with Crippen molar-refractivity contribution >= 4 is 11.3 Å². The summed E-state index contributed by atoms with van der Waals surface area (Å²) in [4.78, 5) is 9.03. The monoisotopic (exact) mass is 261 g/mol. The molecule has 0 atom stereocenters. The van der Waals surface area contributed by atoms with Gasteiger partial charge in [-0.3, -0.25) is 4.98 Å². The molecule has 0 bridgehead atoms. The number of hydrogen-bond donors (Lipinski definition) is 1. The largest absolute Gasteiger partial charge is 0.311 e. The molecule has 0 saturated heterocycles. The average molecular weight is 261 g/mol. The van der Waals surface area contributed by atoms with Crippen molar-refractivity contribution in [2.75, 3.05) is 6.54 Å². The number of nitrogens with zero attached hydrogens (tertiary/aromatic N) is 2. The van der Waals surface area contributed by atoms with Crippen LogP contribution in [0.4, 0.5) is 0 Å². The minimum atomic E-state index is 0.668. The summed E-state index contributed by atoms with van der Waals surface area (Å²) in [5.74, 6) is 0.668. The predicted octanol–water partition coefficient (Wildman–Crippen LogP) is 3.26. The van der Waals surface area contributed by atoms with E-state index in [1.165, 1.54) is 5.56 Å². The molecule has 2 aromatic heterocycles. The Morgan fingerprint density at radius 3 is 2.94 bits per heavy atom. The quantitative estimate of drug-likeness (QED) is 0.897. The van der Waals surface area contributed by atoms with Crippen LogP contribution in [0.1, 0.15) is 25.1 Å². The van der Waals surface area contributed by atoms with E-state index in [0.29, 0.717) is 5.92 Å². The third-order valence-electron chi connectivity index (χ3n) is 2.62. The van der Waals surface area contributed by atoms with E-state index in [4.69, 9.17) is 0 Å². The number of rotatable bonds is 5. The first-order valence-corrected chi connectivity index (χ1v) is 7.12. The molecule has 0 amide bonds. The fourth-order valence-corrected chi connectivity index (χ4v) is 2.57. The van der Waals surface area contributed by atoms with Crippen LogP contribution in [0.15, 0.2) is 23.7 Å². The molecule has 2 rings (SSSR count). The molecule has 0 unspecified atom stereocenters. The summed E-state index contributed by atoms with van der Waals surface area (Å²) in [5, 5.41) is 6.52. The van der Waals surface area contributed by atoms with Gasteiger partial charge in [-0.25, -0.2) is 4.98 Å². The van der Waals surface area contributed by atoms with Crippen molar-refractivity contribution in [3.63, 3.8) is 0 Å². The highest BCUT2D eigenvalue weighted by Gasteiger charge is 2.08. The Morgan fingerprint density at radius 2 is 2.22 bits per heavy atom. The maximum atomic E-state index is 4.63. The number of aromatic nitrogens is 2. The number of pyridine rings is 1. The smallest absolute Gasteiger partial charge is 0.142 e. The van der Waals surface area contributed by atoms with E-state index in [0.717, 1.165) is 29.5 Å². The van der Waals surface area contributed by atoms with E-state index in [9.17, 15) is 0 Å². The zero-order valence-electron chi connectivity index (χ0n) is 11.1. The van der Waals surface area contributed by atoms with E-state index >= 15 is 0 Å². The standard InChI is InChI=1S/C14H19N3S/c1-10(2)7-15-8-12-9-18-14(17-12)13-11(3)5-4-6-16-13/h4-6,9-10,15H,7-8H2,1-3H3. The first kappa shape index (κ1) is 13.2. The van der Waals surface area contributed by atoms with Gasteiger partial charge in [0, 0.05) is 18.1 Å². The molecule has 1 N–H and O–H groups in total. The average Bonchev–Trinajstić information content (AvgIpc) is 2.78. The molecule has 0 aromatic carbocycles. The van der Waals surface area contributed by atoms with Crippen molar-refractivity contribution in [3.05, 3.63) is 35.0 Å². The molecule has 0 spiro atoms. The van der Waals surface area contributed by atoms with Crippen molar-refractivity contribution in [2.24, 2.45) is 5.92 Å². The second kappa shape index (κ2) is 6.07. The highest BCUT2D eigenvalue weighted by molar-refractivity contribution is 7.13. The zero-order valence-corrected chi connectivity index (χ0v) is 11.9. The van der Waals surface area contributed by atoms with Gasteiger partial charge >= 0.3 is 0 Å². The summed E-state index contributed by atoms with van der Waals surface area (Å²) in [5.41, 5.74) is 3.27. The number of nitrogens with one attached hydrogen (secondary N) is 1. The van der Waals surface area contributed by atoms with Crippen LogP contribution in [0.2, 0.25) is 0 Å². The van der Waals surface area contributed by atoms with E-state index in [1.807, 2.05) is 12.3 Å². The molecule has 18 heavy (non-hydrogen) atoms. The first-order chi connectivity index (χ1) is 8.66. The van der Waals surface area contributed by atoms with Crippen molar-refractivity contribution in [1.29, 1.82) is 0 Å². The molecule has 4 heteroatoms. The highest BCUT2D eigenvalue weighted by atomic mass is 32.1. The first-order valence-electron chi connectivity index (χ1n) is 6.24. The molecule has 0 aliphatic heterocycles. The molecular weight excluding hydrogens is 242 g/mol. The van der Waals surface area contributed by atoms with E-state index in [1.54, 1.807) is 11.3 Å². The highest BCUT2D eigenvalue weighted by Crippen LogP contribution is 2.24. The fourth-order valence-electron chi connectivity index (χ4n) is 1.70. The summed E-state index contributed by atoms with van der Waals surface area (Å²) < 4.78 is 0. The van der Waals surface area contributed by atoms with Crippen LogP contribution < -0.4 is 5.32 Å². The Bertz CT molecular complexity index is 505. The maximum absolute atomic E-state index is 4.63. The van der Waals surface area contributed by atoms with Gasteiger partial charge in [-0.15, -0.1) is 11.3 Å². The van der Waals surface area contributed by atoms with Crippen molar-refractivity contribution < 1.29 is 0 Å². The van der Waals surface area contributed by atoms with E-state index < -0.39 is 0 Å². The van der Waals surface area contributed by atoms with Gasteiger partial charge < -0.3 is 5.32 Å². The zero-order chi connectivity index (χ0) is 13.0. The minimum Gasteiger partial charge on any atom is -0.311 e. The lowest BCUT2D eigenvalue weighted by Gasteiger charge is -2.04. The molecular formula is C14H19N3S. The third kappa shape index (κ3) is 3.37. The normalized spacial score (nSPS) is 11.1. The maximum Gasteiger partial charge on any atom is 0.142 e. The molecule has 0 aliphatic carbocycles. The Hall–Kier alpha value is -1.26. The Balaban J connectivity index is 2.04. The van der Waals surface area contributed by atoms with Gasteiger partial charge in [0.2, 0.25) is 0 Å². The molecule has 2 aromatic rings. The van der Waals surface area contributed by atoms with Crippen LogP contribution in [0, 0.1) is 12.8 Å². The summed E-state index contributed by atoms with van der Waals surface area (Å²) in [6.45, 7) is 8.34. The lowest BCUT2D eigenvalue weighted by molar-refractivity contribution is 0.549. The molecule has 2 heterocycles. The molecule has 96 valence electrons. The Kier molecular flexibility index (Phi) is 4.44. The van der Waals surface area contributed by atoms with Crippen LogP contribution >= 0.6 is 11.3 Å². The number of hydrogen-bond acceptors (Lipinski definition) is 4. The van der Waals surface area contributed by atoms with E-state index in [2.05, 4.69) is 47.5 Å². The van der Waals surface area contributed by atoms with Gasteiger partial charge in [-0.1, -0.05) is 19.9 Å². The topological polar surface area (TPSA) is 37.8 Å². The summed E-state index contributed by atoms with van der Waals surface area (Å²) >= 11 is 1.66. The summed E-state index contributed by atoms with van der Waals surface area (Å²) in [7, 11) is 0. The second-order valence-electron chi connectivity index (χ2n) is 4.84. The molecule has 0 saturated carbocycles. The summed E-state index contributed by atoms with van der Waals surface area (Å²) in [6, 6.07) is 4.03. The van der Waals surface area contributed by atoms with Crippen LogP contribution in [0.5, 0.6) is 0 Å². The van der Waals surface area contributed by atoms with Crippen LogP contribution in [0.25, 0.3) is 10.7 Å². The molecule has 0 radical (unpaired) electrons. The van der Waals surface area contributed by atoms with Crippen molar-refractivity contribution in [3.8, 4) is 10.7 Å². The van der Waals surface area contributed by atoms with Gasteiger partial charge in [-0.2, -0.15) is 0 Å². The molecule has 3 nitrogen and oxygen atoms in total. The Labute approximate surface area is 112 Å². The third-order valence-corrected chi connectivity index (χ3v) is 3.52. The van der Waals surface area contributed by atoms with Gasteiger partial charge in [-0.05, 0) is 31.0 Å². The van der Waals surface area contributed by atoms with Crippen molar-refractivity contribution in [1.82, 2.24) is 15.3 Å². The lowest BCUT2D eigenvalue weighted by atomic mass is 10.2. The summed E-state index contributed by atoms with van der Waals surface area (Å²) in [6.07, 6.45) is 1.82. The van der Waals surface area contributed by atoms with Crippen molar-refractivity contribution in [2.45, 2.75) is 27.3 Å². The van der Waals surface area contributed by atoms with Gasteiger partial charge in [0.1, 0.15) is 10.7 Å². The van der Waals surface area contributed by atoms with Crippen LogP contribution in [-0.2, 0) is 6.54 Å². The minimum absolute atomic E-state index is 0.668. The SMILES string of the molecule is Cc1cccnc1-c1nc(CNCC(C)C)cs1. The van der Waals surface area contributed by atoms with Crippen LogP contribution in [0.3, 0.4) is 0 Å². The fraction of sp³-hybridized carbons (Fsp3) is 0.429. The van der Waals surface area contributed by atoms with Gasteiger partial charge in [0.15, 0.2) is 0 Å². The Morgan fingerprint density at radius 1 is 1.39 bits per heavy atom. The number of thiazole rings is 1. The predicted molar refractivity (Wildman–Crippen MR) is 76.6 cm³/mol. The van der Waals surface area contributed by atoms with Gasteiger partial charge in [0.05, 0.1) is 5.69 Å². The second-order valence-corrected chi connectivity index (χ2v) is 5.70. The van der Waals surface area contributed by atoms with E-state index in [-0.39, 0.29) is 0 Å². The molecule has 0 fully saturated rings. The van der Waals surface area contributed by atoms with Gasteiger partial charge in [0.25, 0.3) is 0 Å². The number of aryl methyl sites for hydroxylation is 1. The molecule has 0 aliphatic rings.